The fourth-order valence-electron chi connectivity index (χ4n) is 3.17. The molecular formula is C19H20ClNO. The summed E-state index contributed by atoms with van der Waals surface area (Å²) in [6.45, 7) is 2.95. The maximum Gasteiger partial charge on any atom is 0.227 e. The summed E-state index contributed by atoms with van der Waals surface area (Å²) in [7, 11) is 0. The van der Waals surface area contributed by atoms with Gasteiger partial charge in [-0.3, -0.25) is 4.79 Å². The van der Waals surface area contributed by atoms with Crippen molar-refractivity contribution in [2.75, 3.05) is 6.54 Å². The Bertz CT molecular complexity index is 665. The molecule has 2 nitrogen and oxygen atoms in total. The molecule has 0 radical (unpaired) electrons. The Morgan fingerprint density at radius 2 is 2.00 bits per heavy atom. The normalized spacial score (nSPS) is 17.7. The van der Waals surface area contributed by atoms with E-state index in [1.165, 1.54) is 11.1 Å². The molecule has 0 spiro atoms. The van der Waals surface area contributed by atoms with Crippen molar-refractivity contribution in [3.63, 3.8) is 0 Å². The van der Waals surface area contributed by atoms with Crippen molar-refractivity contribution in [3.8, 4) is 0 Å². The van der Waals surface area contributed by atoms with Crippen LogP contribution in [0.5, 0.6) is 0 Å². The number of amides is 1. The molecule has 1 heterocycles. The van der Waals surface area contributed by atoms with Crippen LogP contribution in [-0.4, -0.2) is 17.4 Å². The third kappa shape index (κ3) is 3.33. The largest absolute Gasteiger partial charge is 0.335 e. The minimum Gasteiger partial charge on any atom is -0.335 e. The number of carbonyl (C=O) groups excluding carboxylic acids is 1. The average Bonchev–Trinajstić information content (AvgIpc) is 2.99. The van der Waals surface area contributed by atoms with E-state index in [1.807, 2.05) is 29.2 Å². The zero-order valence-electron chi connectivity index (χ0n) is 12.8. The molecule has 114 valence electrons. The summed E-state index contributed by atoms with van der Waals surface area (Å²) >= 11 is 5.90. The lowest BCUT2D eigenvalue weighted by Gasteiger charge is -2.25. The fraction of sp³-hybridized carbons (Fsp3) is 0.316. The lowest BCUT2D eigenvalue weighted by Crippen LogP contribution is -2.31. The number of hydrogen-bond acceptors (Lipinski definition) is 1. The van der Waals surface area contributed by atoms with E-state index in [2.05, 4.69) is 31.2 Å². The highest BCUT2D eigenvalue weighted by Crippen LogP contribution is 2.32. The molecule has 1 saturated heterocycles. The van der Waals surface area contributed by atoms with Gasteiger partial charge >= 0.3 is 0 Å². The third-order valence-corrected chi connectivity index (χ3v) is 4.52. The van der Waals surface area contributed by atoms with Crippen LogP contribution in [0.1, 0.15) is 35.6 Å². The first-order valence-electron chi connectivity index (χ1n) is 7.74. The van der Waals surface area contributed by atoms with Crippen molar-refractivity contribution in [2.24, 2.45) is 0 Å². The van der Waals surface area contributed by atoms with Gasteiger partial charge in [-0.05, 0) is 43.0 Å². The zero-order chi connectivity index (χ0) is 15.5. The Balaban J connectivity index is 1.75. The number of aryl methyl sites for hydroxylation is 1. The lowest BCUT2D eigenvalue weighted by molar-refractivity contribution is -0.131. The first-order chi connectivity index (χ1) is 10.6. The second kappa shape index (κ2) is 6.53. The molecule has 0 saturated carbocycles. The molecule has 1 aliphatic rings. The van der Waals surface area contributed by atoms with Gasteiger partial charge in [0.15, 0.2) is 0 Å². The second-order valence-corrected chi connectivity index (χ2v) is 6.40. The summed E-state index contributed by atoms with van der Waals surface area (Å²) in [5, 5.41) is 0.704. The summed E-state index contributed by atoms with van der Waals surface area (Å²) in [5.74, 6) is 0.200. The summed E-state index contributed by atoms with van der Waals surface area (Å²) in [6.07, 6.45) is 2.57. The predicted molar refractivity (Wildman–Crippen MR) is 90.0 cm³/mol. The van der Waals surface area contributed by atoms with E-state index in [1.54, 1.807) is 0 Å². The molecule has 1 aliphatic heterocycles. The second-order valence-electron chi connectivity index (χ2n) is 5.96. The molecule has 3 heteroatoms. The van der Waals surface area contributed by atoms with Gasteiger partial charge < -0.3 is 4.90 Å². The molecule has 0 bridgehead atoms. The highest BCUT2D eigenvalue weighted by Gasteiger charge is 2.29. The first-order valence-corrected chi connectivity index (χ1v) is 8.12. The molecule has 0 unspecified atom stereocenters. The van der Waals surface area contributed by atoms with Crippen LogP contribution in [0.25, 0.3) is 0 Å². The van der Waals surface area contributed by atoms with Gasteiger partial charge in [0, 0.05) is 11.6 Å². The van der Waals surface area contributed by atoms with E-state index >= 15 is 0 Å². The number of halogens is 1. The first kappa shape index (κ1) is 15.1. The highest BCUT2D eigenvalue weighted by atomic mass is 35.5. The van der Waals surface area contributed by atoms with Gasteiger partial charge in [-0.15, -0.1) is 0 Å². The number of benzene rings is 2. The van der Waals surface area contributed by atoms with Crippen LogP contribution in [0.4, 0.5) is 0 Å². The van der Waals surface area contributed by atoms with Crippen molar-refractivity contribution >= 4 is 17.5 Å². The van der Waals surface area contributed by atoms with E-state index in [0.717, 1.165) is 24.9 Å². The monoisotopic (exact) mass is 313 g/mol. The Kier molecular flexibility index (Phi) is 4.49. The molecular weight excluding hydrogens is 294 g/mol. The highest BCUT2D eigenvalue weighted by molar-refractivity contribution is 6.30. The zero-order valence-corrected chi connectivity index (χ0v) is 13.5. The molecule has 0 N–H and O–H groups in total. The Labute approximate surface area is 136 Å². The lowest BCUT2D eigenvalue weighted by atomic mass is 10.0. The van der Waals surface area contributed by atoms with E-state index in [9.17, 15) is 4.79 Å². The van der Waals surface area contributed by atoms with Gasteiger partial charge in [0.1, 0.15) is 0 Å². The quantitative estimate of drug-likeness (QED) is 0.813. The Hall–Kier alpha value is -1.80. The van der Waals surface area contributed by atoms with E-state index in [-0.39, 0.29) is 11.9 Å². The fourth-order valence-corrected chi connectivity index (χ4v) is 3.29. The molecule has 3 rings (SSSR count). The molecule has 0 aliphatic carbocycles. The number of nitrogens with zero attached hydrogens (tertiary/aromatic N) is 1. The molecule has 2 aromatic rings. The van der Waals surface area contributed by atoms with Crippen LogP contribution in [0.15, 0.2) is 48.5 Å². The van der Waals surface area contributed by atoms with Crippen LogP contribution in [0.3, 0.4) is 0 Å². The Morgan fingerprint density at radius 3 is 2.73 bits per heavy atom. The van der Waals surface area contributed by atoms with Crippen molar-refractivity contribution < 1.29 is 4.79 Å². The van der Waals surface area contributed by atoms with Crippen LogP contribution in [0, 0.1) is 6.92 Å². The predicted octanol–water partition coefficient (Wildman–Crippen LogP) is 4.55. The maximum atomic E-state index is 12.7. The standard InChI is InChI=1S/C19H20ClNO/c1-14-4-2-5-16(12-14)18-6-3-11-21(18)19(22)13-15-7-9-17(20)10-8-15/h2,4-5,7-10,12,18H,3,6,11,13H2,1H3/t18-/m1/s1. The number of carbonyl (C=O) groups is 1. The number of hydrogen-bond donors (Lipinski definition) is 0. The van der Waals surface area contributed by atoms with Crippen LogP contribution in [0.2, 0.25) is 5.02 Å². The molecule has 0 aromatic heterocycles. The SMILES string of the molecule is Cc1cccc([C@H]2CCCN2C(=O)Cc2ccc(Cl)cc2)c1. The van der Waals surface area contributed by atoms with Crippen LogP contribution >= 0.6 is 11.6 Å². The topological polar surface area (TPSA) is 20.3 Å². The van der Waals surface area contributed by atoms with E-state index < -0.39 is 0 Å². The van der Waals surface area contributed by atoms with Crippen LogP contribution in [-0.2, 0) is 11.2 Å². The van der Waals surface area contributed by atoms with Gasteiger partial charge in [0.2, 0.25) is 5.91 Å². The molecule has 1 fully saturated rings. The van der Waals surface area contributed by atoms with Crippen molar-refractivity contribution in [1.82, 2.24) is 4.90 Å². The summed E-state index contributed by atoms with van der Waals surface area (Å²) < 4.78 is 0. The number of rotatable bonds is 3. The van der Waals surface area contributed by atoms with Gasteiger partial charge in [-0.25, -0.2) is 0 Å². The minimum absolute atomic E-state index is 0.200. The minimum atomic E-state index is 0.200. The third-order valence-electron chi connectivity index (χ3n) is 4.27. The molecule has 1 atom stereocenters. The van der Waals surface area contributed by atoms with Crippen molar-refractivity contribution in [1.29, 1.82) is 0 Å². The van der Waals surface area contributed by atoms with Gasteiger partial charge in [0.25, 0.3) is 0 Å². The molecule has 22 heavy (non-hydrogen) atoms. The van der Waals surface area contributed by atoms with E-state index in [4.69, 9.17) is 11.6 Å². The molecule has 1 amide bonds. The maximum absolute atomic E-state index is 12.7. The van der Waals surface area contributed by atoms with Gasteiger partial charge in [-0.1, -0.05) is 53.6 Å². The summed E-state index contributed by atoms with van der Waals surface area (Å²) in [5.41, 5.74) is 3.51. The van der Waals surface area contributed by atoms with Crippen molar-refractivity contribution in [3.05, 3.63) is 70.2 Å². The summed E-state index contributed by atoms with van der Waals surface area (Å²) in [6, 6.07) is 16.3. The van der Waals surface area contributed by atoms with Gasteiger partial charge in [0.05, 0.1) is 12.5 Å². The molecule has 2 aromatic carbocycles. The Morgan fingerprint density at radius 1 is 1.23 bits per heavy atom. The van der Waals surface area contributed by atoms with Gasteiger partial charge in [-0.2, -0.15) is 0 Å². The summed E-state index contributed by atoms with van der Waals surface area (Å²) in [4.78, 5) is 14.7. The van der Waals surface area contributed by atoms with Crippen molar-refractivity contribution in [2.45, 2.75) is 32.2 Å². The van der Waals surface area contributed by atoms with E-state index in [0.29, 0.717) is 11.4 Å². The number of likely N-dealkylation sites (tertiary alicyclic amines) is 1. The smallest absolute Gasteiger partial charge is 0.227 e. The average molecular weight is 314 g/mol. The van der Waals surface area contributed by atoms with Crippen LogP contribution < -0.4 is 0 Å².